The molecule has 1 aromatic heterocycles. The van der Waals surface area contributed by atoms with E-state index in [1.807, 2.05) is 30.3 Å². The monoisotopic (exact) mass is 390 g/mol. The number of ether oxygens (including phenoxy) is 1. The number of fused-ring (bicyclic) bond motifs is 2. The average molecular weight is 390 g/mol. The highest BCUT2D eigenvalue weighted by atomic mass is 16.5. The number of hydrogen-bond acceptors (Lipinski definition) is 6. The van der Waals surface area contributed by atoms with Crippen molar-refractivity contribution in [3.05, 3.63) is 98.6 Å². The Balaban J connectivity index is 1.22. The Hall–Kier alpha value is -2.93. The van der Waals surface area contributed by atoms with Gasteiger partial charge in [0.2, 0.25) is 11.2 Å². The molecule has 0 amide bonds. The van der Waals surface area contributed by atoms with Crippen molar-refractivity contribution in [2.45, 2.75) is 39.0 Å². The maximum absolute atomic E-state index is 12.4. The van der Waals surface area contributed by atoms with Crippen molar-refractivity contribution in [2.24, 2.45) is 0 Å². The summed E-state index contributed by atoms with van der Waals surface area (Å²) in [6.45, 7) is 3.21. The Kier molecular flexibility index (Phi) is 4.67. The number of nitrogens with one attached hydrogen (secondary N) is 1. The van der Waals surface area contributed by atoms with Crippen LogP contribution in [0.1, 0.15) is 39.8 Å². The van der Waals surface area contributed by atoms with Crippen molar-refractivity contribution in [3.63, 3.8) is 0 Å². The molecular weight excluding hydrogens is 368 g/mol. The first kappa shape index (κ1) is 18.1. The van der Waals surface area contributed by atoms with Crippen LogP contribution in [-0.4, -0.2) is 10.0 Å². The Labute approximate surface area is 168 Å². The predicted molar refractivity (Wildman–Crippen MR) is 107 cm³/mol. The minimum atomic E-state index is -0.608. The van der Waals surface area contributed by atoms with Crippen molar-refractivity contribution in [1.29, 1.82) is 0 Å². The van der Waals surface area contributed by atoms with Crippen LogP contribution in [0.4, 0.5) is 0 Å². The number of rotatable bonds is 5. The van der Waals surface area contributed by atoms with E-state index in [1.54, 1.807) is 0 Å². The fourth-order valence-electron chi connectivity index (χ4n) is 4.01. The normalized spacial score (nSPS) is 17.9. The van der Waals surface area contributed by atoms with Crippen molar-refractivity contribution in [3.8, 4) is 5.75 Å². The van der Waals surface area contributed by atoms with Gasteiger partial charge in [0.15, 0.2) is 0 Å². The van der Waals surface area contributed by atoms with Gasteiger partial charge >= 0.3 is 0 Å². The van der Waals surface area contributed by atoms with Gasteiger partial charge in [0.25, 0.3) is 0 Å². The third kappa shape index (κ3) is 3.70. The molecule has 1 atom stereocenters. The molecule has 2 aliphatic rings. The fraction of sp³-hybridized carbons (Fsp3) is 0.261. The van der Waals surface area contributed by atoms with Crippen molar-refractivity contribution >= 4 is 0 Å². The zero-order valence-electron chi connectivity index (χ0n) is 15.9. The van der Waals surface area contributed by atoms with Crippen LogP contribution >= 0.6 is 0 Å². The van der Waals surface area contributed by atoms with Crippen LogP contribution in [0.3, 0.4) is 0 Å². The maximum atomic E-state index is 12.4. The summed E-state index contributed by atoms with van der Waals surface area (Å²) in [6.07, 6.45) is 0.794. The van der Waals surface area contributed by atoms with Crippen LogP contribution in [0.5, 0.6) is 5.75 Å². The van der Waals surface area contributed by atoms with Crippen LogP contribution in [0.15, 0.2) is 64.0 Å². The van der Waals surface area contributed by atoms with Crippen molar-refractivity contribution in [1.82, 2.24) is 10.2 Å². The molecule has 6 heteroatoms. The maximum Gasteiger partial charge on any atom is 0.227 e. The topological polar surface area (TPSA) is 74.9 Å². The summed E-state index contributed by atoms with van der Waals surface area (Å²) in [6, 6.07) is 15.7. The first-order valence-corrected chi connectivity index (χ1v) is 9.72. The van der Waals surface area contributed by atoms with Gasteiger partial charge in [-0.3, -0.25) is 15.0 Å². The molecule has 0 aliphatic carbocycles. The second-order valence-electron chi connectivity index (χ2n) is 7.59. The molecule has 3 aromatic rings. The second-order valence-corrected chi connectivity index (χ2v) is 7.59. The molecule has 2 aromatic carbocycles. The Morgan fingerprint density at radius 3 is 2.66 bits per heavy atom. The van der Waals surface area contributed by atoms with Crippen molar-refractivity contribution in [2.75, 3.05) is 0 Å². The molecule has 0 spiro atoms. The van der Waals surface area contributed by atoms with E-state index >= 15 is 0 Å². The molecular formula is C23H22N2O4. The lowest BCUT2D eigenvalue weighted by Gasteiger charge is -2.14. The van der Waals surface area contributed by atoms with Gasteiger partial charge in [-0.25, -0.2) is 0 Å². The number of nitrogens with zero attached hydrogens (tertiary/aromatic N) is 1. The van der Waals surface area contributed by atoms with Gasteiger partial charge in [0, 0.05) is 25.7 Å². The van der Waals surface area contributed by atoms with Crippen LogP contribution in [0.2, 0.25) is 0 Å². The van der Waals surface area contributed by atoms with E-state index in [0.717, 1.165) is 29.8 Å². The summed E-state index contributed by atoms with van der Waals surface area (Å²) >= 11 is 0. The highest BCUT2D eigenvalue weighted by Crippen LogP contribution is 2.25. The SMILES string of the molecule is O=c1cc(CN2Cc3ccccc3C2)occ1OCc1ccc2c(c1)CNC2O. The second kappa shape index (κ2) is 7.48. The summed E-state index contributed by atoms with van der Waals surface area (Å²) in [5.41, 5.74) is 5.35. The van der Waals surface area contributed by atoms with E-state index in [4.69, 9.17) is 9.15 Å². The summed E-state index contributed by atoms with van der Waals surface area (Å²) in [5.74, 6) is 0.838. The predicted octanol–water partition coefficient (Wildman–Crippen LogP) is 2.83. The zero-order valence-corrected chi connectivity index (χ0v) is 15.9. The van der Waals surface area contributed by atoms with Crippen LogP contribution < -0.4 is 15.5 Å². The van der Waals surface area contributed by atoms with E-state index in [0.29, 0.717) is 18.8 Å². The Morgan fingerprint density at radius 2 is 1.90 bits per heavy atom. The lowest BCUT2D eigenvalue weighted by molar-refractivity contribution is 0.151. The highest BCUT2D eigenvalue weighted by Gasteiger charge is 2.20. The summed E-state index contributed by atoms with van der Waals surface area (Å²) in [4.78, 5) is 14.7. The molecule has 0 fully saturated rings. The van der Waals surface area contributed by atoms with Crippen molar-refractivity contribution < 1.29 is 14.3 Å². The molecule has 2 aliphatic heterocycles. The summed E-state index contributed by atoms with van der Waals surface area (Å²) in [7, 11) is 0. The molecule has 0 bridgehead atoms. The lowest BCUT2D eigenvalue weighted by atomic mass is 10.1. The van der Waals surface area contributed by atoms with Gasteiger partial charge in [-0.05, 0) is 27.8 Å². The molecule has 6 nitrogen and oxygen atoms in total. The lowest BCUT2D eigenvalue weighted by Crippen LogP contribution is -2.17. The third-order valence-electron chi connectivity index (χ3n) is 5.52. The molecule has 148 valence electrons. The number of hydrogen-bond donors (Lipinski definition) is 2. The Bertz CT molecular complexity index is 1080. The minimum Gasteiger partial charge on any atom is -0.482 e. The number of aliphatic hydroxyl groups is 1. The molecule has 5 rings (SSSR count). The largest absolute Gasteiger partial charge is 0.482 e. The van der Waals surface area contributed by atoms with Gasteiger partial charge in [-0.15, -0.1) is 0 Å². The van der Waals surface area contributed by atoms with Crippen LogP contribution in [0, 0.1) is 0 Å². The average Bonchev–Trinajstić information content (AvgIpc) is 3.30. The van der Waals surface area contributed by atoms with E-state index in [9.17, 15) is 9.90 Å². The fourth-order valence-corrected chi connectivity index (χ4v) is 4.01. The van der Waals surface area contributed by atoms with Gasteiger partial charge in [-0.1, -0.05) is 42.5 Å². The Morgan fingerprint density at radius 1 is 1.10 bits per heavy atom. The first-order chi connectivity index (χ1) is 14.2. The van der Waals surface area contributed by atoms with E-state index in [2.05, 4.69) is 22.3 Å². The smallest absolute Gasteiger partial charge is 0.227 e. The molecule has 2 N–H and O–H groups in total. The van der Waals surface area contributed by atoms with Gasteiger partial charge in [0.1, 0.15) is 24.9 Å². The number of aliphatic hydroxyl groups excluding tert-OH is 1. The molecule has 3 heterocycles. The van der Waals surface area contributed by atoms with E-state index in [1.165, 1.54) is 23.5 Å². The van der Waals surface area contributed by atoms with Crippen LogP contribution in [-0.2, 0) is 32.8 Å². The molecule has 29 heavy (non-hydrogen) atoms. The van der Waals surface area contributed by atoms with Gasteiger partial charge < -0.3 is 14.3 Å². The molecule has 0 radical (unpaired) electrons. The van der Waals surface area contributed by atoms with E-state index < -0.39 is 6.23 Å². The minimum absolute atomic E-state index is 0.179. The highest BCUT2D eigenvalue weighted by molar-refractivity contribution is 5.36. The summed E-state index contributed by atoms with van der Waals surface area (Å²) < 4.78 is 11.3. The van der Waals surface area contributed by atoms with Gasteiger partial charge in [0.05, 0.1) is 6.54 Å². The quantitative estimate of drug-likeness (QED) is 0.698. The van der Waals surface area contributed by atoms with Gasteiger partial charge in [-0.2, -0.15) is 0 Å². The molecule has 0 saturated carbocycles. The standard InChI is InChI=1S/C23H22N2O4/c26-21-8-19(12-25-10-16-3-1-2-4-17(16)11-25)28-14-22(21)29-13-15-5-6-20-18(7-15)9-24-23(20)27/h1-8,14,23-24,27H,9-13H2. The summed E-state index contributed by atoms with van der Waals surface area (Å²) in [5, 5.41) is 12.8. The molecule has 0 saturated heterocycles. The molecule has 1 unspecified atom stereocenters. The van der Waals surface area contributed by atoms with Crippen LogP contribution in [0.25, 0.3) is 0 Å². The zero-order chi connectivity index (χ0) is 19.8. The van der Waals surface area contributed by atoms with E-state index in [-0.39, 0.29) is 17.8 Å². The first-order valence-electron chi connectivity index (χ1n) is 9.72. The number of benzene rings is 2. The third-order valence-corrected chi connectivity index (χ3v) is 5.52.